The second kappa shape index (κ2) is 13.2. The molecule has 2 saturated heterocycles. The summed E-state index contributed by atoms with van der Waals surface area (Å²) in [7, 11) is 0. The van der Waals surface area contributed by atoms with Crippen LogP contribution in [0.3, 0.4) is 0 Å². The Balaban J connectivity index is 1.07. The van der Waals surface area contributed by atoms with Gasteiger partial charge in [0.25, 0.3) is 0 Å². The number of nitrogens with one attached hydrogen (secondary N) is 3. The highest BCUT2D eigenvalue weighted by Gasteiger charge is 2.50. The highest BCUT2D eigenvalue weighted by atomic mass is 16.6. The number of aromatic nitrogens is 4. The van der Waals surface area contributed by atoms with Crippen LogP contribution in [0.25, 0.3) is 44.4 Å². The zero-order chi connectivity index (χ0) is 37.0. The molecule has 4 atom stereocenters. The van der Waals surface area contributed by atoms with E-state index in [0.717, 1.165) is 69.5 Å². The van der Waals surface area contributed by atoms with Gasteiger partial charge in [0.2, 0.25) is 0 Å². The molecule has 3 N–H and O–H groups in total. The number of amides is 1. The molecule has 7 rings (SSSR count). The van der Waals surface area contributed by atoms with Crippen molar-refractivity contribution < 1.29 is 19.1 Å². The number of benzene rings is 3. The monoisotopic (exact) mass is 702 g/mol. The van der Waals surface area contributed by atoms with Gasteiger partial charge in [-0.05, 0) is 121 Å². The summed E-state index contributed by atoms with van der Waals surface area (Å²) in [5.74, 6) is 1.06. The lowest BCUT2D eigenvalue weighted by Crippen LogP contribution is -2.50. The molecule has 1 amide bonds. The zero-order valence-electron chi connectivity index (χ0n) is 31.5. The van der Waals surface area contributed by atoms with Crippen LogP contribution in [-0.4, -0.2) is 60.2 Å². The van der Waals surface area contributed by atoms with Gasteiger partial charge < -0.3 is 19.4 Å². The summed E-state index contributed by atoms with van der Waals surface area (Å²) in [6, 6.07) is 21.4. The van der Waals surface area contributed by atoms with Gasteiger partial charge in [-0.3, -0.25) is 10.2 Å². The number of imidazole rings is 2. The first-order chi connectivity index (χ1) is 24.6. The van der Waals surface area contributed by atoms with E-state index in [4.69, 9.17) is 19.4 Å². The van der Waals surface area contributed by atoms with E-state index in [1.165, 1.54) is 0 Å². The fourth-order valence-electron chi connectivity index (χ4n) is 7.45. The molecule has 0 bridgehead atoms. The summed E-state index contributed by atoms with van der Waals surface area (Å²) in [5.41, 5.74) is 3.86. The Morgan fingerprint density at radius 1 is 0.731 bits per heavy atom. The maximum absolute atomic E-state index is 13.5. The van der Waals surface area contributed by atoms with Crippen molar-refractivity contribution in [3.05, 3.63) is 84.7 Å². The van der Waals surface area contributed by atoms with E-state index < -0.39 is 16.7 Å². The van der Waals surface area contributed by atoms with Crippen molar-refractivity contribution in [2.24, 2.45) is 0 Å². The molecule has 4 heterocycles. The number of fused-ring (bicyclic) bond motifs is 1. The van der Waals surface area contributed by atoms with Gasteiger partial charge in [0, 0.05) is 17.6 Å². The number of hydrogen-bond acceptors (Lipinski definition) is 7. The van der Waals surface area contributed by atoms with Crippen LogP contribution in [-0.2, 0) is 19.8 Å². The quantitative estimate of drug-likeness (QED) is 0.151. The molecule has 0 spiro atoms. The number of hydrogen-bond donors (Lipinski definition) is 3. The minimum absolute atomic E-state index is 0.0843. The molecular formula is C42H50N6O4. The summed E-state index contributed by atoms with van der Waals surface area (Å²) < 4.78 is 11.6. The third kappa shape index (κ3) is 7.08. The molecular weight excluding hydrogens is 652 g/mol. The predicted octanol–water partition coefficient (Wildman–Crippen LogP) is 9.06. The molecule has 2 fully saturated rings. The predicted molar refractivity (Wildman–Crippen MR) is 203 cm³/mol. The topological polar surface area (TPSA) is 125 Å². The van der Waals surface area contributed by atoms with Crippen LogP contribution in [0.5, 0.6) is 0 Å². The first-order valence-corrected chi connectivity index (χ1v) is 18.4. The average molecular weight is 703 g/mol. The van der Waals surface area contributed by atoms with Crippen LogP contribution in [0.2, 0.25) is 0 Å². The number of aromatic amines is 2. The zero-order valence-corrected chi connectivity index (χ0v) is 31.5. The summed E-state index contributed by atoms with van der Waals surface area (Å²) in [6.45, 7) is 15.5. The van der Waals surface area contributed by atoms with Gasteiger partial charge >= 0.3 is 12.1 Å². The second-order valence-electron chi connectivity index (χ2n) is 16.5. The largest absolute Gasteiger partial charge is 0.458 e. The maximum atomic E-state index is 13.5. The number of nitrogens with zero attached hydrogens (tertiary/aromatic N) is 3. The highest BCUT2D eigenvalue weighted by Crippen LogP contribution is 2.38. The Morgan fingerprint density at radius 2 is 1.33 bits per heavy atom. The lowest BCUT2D eigenvalue weighted by Gasteiger charge is -2.30. The molecule has 2 aliphatic heterocycles. The minimum atomic E-state index is -0.996. The fourth-order valence-corrected chi connectivity index (χ4v) is 7.45. The van der Waals surface area contributed by atoms with Gasteiger partial charge in [0.05, 0.1) is 29.8 Å². The van der Waals surface area contributed by atoms with E-state index in [1.807, 2.05) is 52.6 Å². The van der Waals surface area contributed by atoms with Crippen molar-refractivity contribution in [1.82, 2.24) is 30.2 Å². The Morgan fingerprint density at radius 3 is 1.98 bits per heavy atom. The number of likely N-dealkylation sites (tertiary alicyclic amines) is 1. The number of ether oxygens (including phenoxy) is 2. The molecule has 272 valence electrons. The molecule has 0 radical (unpaired) electrons. The van der Waals surface area contributed by atoms with Crippen LogP contribution in [0.4, 0.5) is 4.79 Å². The van der Waals surface area contributed by atoms with Crippen molar-refractivity contribution in [2.75, 3.05) is 0 Å². The van der Waals surface area contributed by atoms with E-state index in [9.17, 15) is 9.59 Å². The number of carbonyl (C=O) groups is 2. The number of H-pyrrole nitrogens is 2. The van der Waals surface area contributed by atoms with Gasteiger partial charge in [-0.15, -0.1) is 0 Å². The van der Waals surface area contributed by atoms with E-state index in [0.29, 0.717) is 12.2 Å². The van der Waals surface area contributed by atoms with Crippen LogP contribution in [0.1, 0.15) is 98.8 Å². The van der Waals surface area contributed by atoms with Crippen LogP contribution < -0.4 is 5.32 Å². The third-order valence-electron chi connectivity index (χ3n) is 10.0. The Hall–Kier alpha value is -4.96. The molecule has 2 aliphatic rings. The summed E-state index contributed by atoms with van der Waals surface area (Å²) >= 11 is 0. The molecule has 52 heavy (non-hydrogen) atoms. The van der Waals surface area contributed by atoms with Crippen molar-refractivity contribution in [3.8, 4) is 33.6 Å². The number of esters is 1. The van der Waals surface area contributed by atoms with E-state index in [2.05, 4.69) is 89.8 Å². The first-order valence-electron chi connectivity index (χ1n) is 18.4. The van der Waals surface area contributed by atoms with Crippen molar-refractivity contribution in [1.29, 1.82) is 0 Å². The number of rotatable bonds is 6. The van der Waals surface area contributed by atoms with Gasteiger partial charge in [-0.25, -0.2) is 19.6 Å². The summed E-state index contributed by atoms with van der Waals surface area (Å²) in [4.78, 5) is 44.6. The third-order valence-corrected chi connectivity index (χ3v) is 10.0. The van der Waals surface area contributed by atoms with Gasteiger partial charge in [-0.1, -0.05) is 48.5 Å². The smallest absolute Gasteiger partial charge is 0.411 e. The average Bonchev–Trinajstić information content (AvgIpc) is 3.89. The second-order valence-corrected chi connectivity index (χ2v) is 16.5. The van der Waals surface area contributed by atoms with Crippen LogP contribution >= 0.6 is 0 Å². The maximum Gasteiger partial charge on any atom is 0.411 e. The van der Waals surface area contributed by atoms with Crippen LogP contribution in [0.15, 0.2) is 73.1 Å². The van der Waals surface area contributed by atoms with Crippen molar-refractivity contribution in [2.45, 2.75) is 116 Å². The molecule has 10 nitrogen and oxygen atoms in total. The Labute approximate surface area is 305 Å². The molecule has 3 aromatic carbocycles. The van der Waals surface area contributed by atoms with Gasteiger partial charge in [-0.2, -0.15) is 0 Å². The highest BCUT2D eigenvalue weighted by molar-refractivity contribution is 5.91. The molecule has 0 saturated carbocycles. The number of carbonyl (C=O) groups excluding carboxylic acids is 2. The van der Waals surface area contributed by atoms with Crippen molar-refractivity contribution >= 4 is 22.8 Å². The molecule has 0 unspecified atom stereocenters. The van der Waals surface area contributed by atoms with E-state index in [-0.39, 0.29) is 30.2 Å². The minimum Gasteiger partial charge on any atom is -0.458 e. The normalized spacial score (nSPS) is 22.2. The van der Waals surface area contributed by atoms with Crippen LogP contribution in [0, 0.1) is 0 Å². The molecule has 2 aromatic heterocycles. The first kappa shape index (κ1) is 35.4. The Kier molecular flexibility index (Phi) is 9.01. The van der Waals surface area contributed by atoms with E-state index in [1.54, 1.807) is 6.20 Å². The van der Waals surface area contributed by atoms with Gasteiger partial charge in [0.1, 0.15) is 22.9 Å². The lowest BCUT2D eigenvalue weighted by molar-refractivity contribution is -0.163. The summed E-state index contributed by atoms with van der Waals surface area (Å²) in [6.07, 6.45) is 6.57. The SMILES string of the molecule is C[C@@H]1CC[C@@](C(=O)OC(C)(C)C)(c2ncc(-c3ccc4cc(-c5ccc(-c6cnc([C@@H]7CC[C@@H](C)N7C(=O)OC(C)(C)C)[nH]6)cc5)ccc4c3)[nH]2)N1. The molecule has 10 heteroatoms. The van der Waals surface area contributed by atoms with Gasteiger partial charge in [0.15, 0.2) is 5.54 Å². The van der Waals surface area contributed by atoms with Crippen molar-refractivity contribution in [3.63, 3.8) is 0 Å². The lowest BCUT2D eigenvalue weighted by atomic mass is 9.96. The molecule has 0 aliphatic carbocycles. The van der Waals surface area contributed by atoms with E-state index >= 15 is 0 Å². The Bertz CT molecular complexity index is 2100. The summed E-state index contributed by atoms with van der Waals surface area (Å²) in [5, 5.41) is 5.70. The fraction of sp³-hybridized carbons (Fsp3) is 0.429. The standard InChI is InChI=1S/C42H50N6O4/c1-25-19-20-42(47-25,38(49)51-40(3,4)5)37-44-24-34(46-37)32-17-16-30-21-29(14-15-31(30)22-32)27-10-12-28(13-11-27)33-23-43-36(45-33)35-18-9-26(2)48(35)39(50)52-41(6,7)8/h10-17,21-26,35,47H,9,18-20H2,1-8H3,(H,43,45)(H,44,46)/t25-,26-,35+,42+/m1/s1. The molecule has 5 aromatic rings.